The Morgan fingerprint density at radius 2 is 2.15 bits per heavy atom. The summed E-state index contributed by atoms with van der Waals surface area (Å²) in [5, 5.41) is 0. The van der Waals surface area contributed by atoms with Crippen LogP contribution in [0.2, 0.25) is 0 Å². The molecule has 0 aromatic rings. The molecule has 0 aromatic carbocycles. The van der Waals surface area contributed by atoms with Crippen molar-refractivity contribution >= 4 is 0 Å². The zero-order valence-electron chi connectivity index (χ0n) is 7.95. The number of rotatable bonds is 2. The maximum Gasteiger partial charge on any atom is -0.0155 e. The summed E-state index contributed by atoms with van der Waals surface area (Å²) in [7, 11) is 0. The molecule has 13 heavy (non-hydrogen) atoms. The molecule has 0 saturated carbocycles. The van der Waals surface area contributed by atoms with Crippen LogP contribution in [0.5, 0.6) is 0 Å². The van der Waals surface area contributed by atoms with Gasteiger partial charge in [0.1, 0.15) is 0 Å². The average Bonchev–Trinajstić information content (AvgIpc) is 2.21. The third kappa shape index (κ3) is 2.45. The van der Waals surface area contributed by atoms with Crippen LogP contribution in [0, 0.1) is 5.92 Å². The molecule has 0 radical (unpaired) electrons. The van der Waals surface area contributed by atoms with Gasteiger partial charge in [-0.2, -0.15) is 0 Å². The van der Waals surface area contributed by atoms with Crippen molar-refractivity contribution < 1.29 is 0 Å². The summed E-state index contributed by atoms with van der Waals surface area (Å²) >= 11 is 0. The molecule has 2 aliphatic rings. The highest BCUT2D eigenvalue weighted by Gasteiger charge is 2.07. The number of hydrogen-bond acceptors (Lipinski definition) is 0. The third-order valence-electron chi connectivity index (χ3n) is 2.64. The first-order chi connectivity index (χ1) is 6.45. The molecular formula is C13H16. The second kappa shape index (κ2) is 4.27. The van der Waals surface area contributed by atoms with Crippen LogP contribution in [0.4, 0.5) is 0 Å². The van der Waals surface area contributed by atoms with Gasteiger partial charge in [-0.1, -0.05) is 48.1 Å². The van der Waals surface area contributed by atoms with Gasteiger partial charge in [-0.15, -0.1) is 0 Å². The van der Waals surface area contributed by atoms with Crippen LogP contribution in [0.25, 0.3) is 0 Å². The van der Waals surface area contributed by atoms with E-state index in [0.29, 0.717) is 0 Å². The van der Waals surface area contributed by atoms with Crippen molar-refractivity contribution in [3.63, 3.8) is 0 Å². The normalized spacial score (nSPS) is 26.2. The maximum absolute atomic E-state index is 2.38. The quantitative estimate of drug-likeness (QED) is 0.594. The van der Waals surface area contributed by atoms with Gasteiger partial charge in [0.15, 0.2) is 0 Å². The number of allylic oxidation sites excluding steroid dienone is 8. The van der Waals surface area contributed by atoms with Crippen molar-refractivity contribution in [2.45, 2.75) is 25.7 Å². The summed E-state index contributed by atoms with van der Waals surface area (Å²) in [5.41, 5.74) is 1.52. The van der Waals surface area contributed by atoms with Crippen LogP contribution in [0.15, 0.2) is 48.1 Å². The summed E-state index contributed by atoms with van der Waals surface area (Å²) in [6.45, 7) is 0. The molecule has 68 valence electrons. The summed E-state index contributed by atoms with van der Waals surface area (Å²) in [4.78, 5) is 0. The molecule has 0 amide bonds. The molecule has 0 aromatic heterocycles. The molecule has 0 aliphatic heterocycles. The van der Waals surface area contributed by atoms with Gasteiger partial charge in [0.05, 0.1) is 0 Å². The Balaban J connectivity index is 1.90. The molecule has 2 rings (SSSR count). The van der Waals surface area contributed by atoms with Crippen LogP contribution in [-0.2, 0) is 0 Å². The van der Waals surface area contributed by atoms with Crippen molar-refractivity contribution in [2.24, 2.45) is 5.92 Å². The maximum atomic E-state index is 2.38. The minimum atomic E-state index is 0.735. The van der Waals surface area contributed by atoms with E-state index in [4.69, 9.17) is 0 Å². The largest absolute Gasteiger partial charge is 0.0840 e. The molecule has 0 bridgehead atoms. The van der Waals surface area contributed by atoms with Crippen LogP contribution in [-0.4, -0.2) is 0 Å². The van der Waals surface area contributed by atoms with Gasteiger partial charge in [-0.05, 0) is 31.6 Å². The van der Waals surface area contributed by atoms with Crippen molar-refractivity contribution in [1.29, 1.82) is 0 Å². The standard InChI is InChI=1S/C13H16/c1-3-7-12(8-4-1)11-13-9-5-2-6-10-13/h1,3-5,7,9-10,12H,2,6,8,11H2. The lowest BCUT2D eigenvalue weighted by Crippen LogP contribution is -1.99. The van der Waals surface area contributed by atoms with Crippen molar-refractivity contribution in [3.8, 4) is 0 Å². The highest BCUT2D eigenvalue weighted by atomic mass is 14.1. The molecule has 0 nitrogen and oxygen atoms in total. The topological polar surface area (TPSA) is 0 Å². The minimum absolute atomic E-state index is 0.735. The molecule has 1 atom stereocenters. The highest BCUT2D eigenvalue weighted by Crippen LogP contribution is 2.23. The van der Waals surface area contributed by atoms with E-state index in [1.54, 1.807) is 0 Å². The average molecular weight is 172 g/mol. The summed E-state index contributed by atoms with van der Waals surface area (Å²) < 4.78 is 0. The summed E-state index contributed by atoms with van der Waals surface area (Å²) in [5.74, 6) is 0.735. The molecule has 0 fully saturated rings. The van der Waals surface area contributed by atoms with E-state index in [-0.39, 0.29) is 0 Å². The smallest absolute Gasteiger partial charge is 0.0155 e. The van der Waals surface area contributed by atoms with Gasteiger partial charge < -0.3 is 0 Å². The minimum Gasteiger partial charge on any atom is -0.0840 e. The predicted molar refractivity (Wildman–Crippen MR) is 57.5 cm³/mol. The van der Waals surface area contributed by atoms with Gasteiger partial charge in [0, 0.05) is 0 Å². The second-order valence-electron chi connectivity index (χ2n) is 3.77. The Bertz CT molecular complexity index is 276. The van der Waals surface area contributed by atoms with E-state index >= 15 is 0 Å². The van der Waals surface area contributed by atoms with E-state index in [9.17, 15) is 0 Å². The van der Waals surface area contributed by atoms with Gasteiger partial charge in [0.25, 0.3) is 0 Å². The lowest BCUT2D eigenvalue weighted by molar-refractivity contribution is 0.652. The summed E-state index contributed by atoms with van der Waals surface area (Å²) in [6, 6.07) is 0. The number of hydrogen-bond donors (Lipinski definition) is 0. The zero-order chi connectivity index (χ0) is 8.93. The first kappa shape index (κ1) is 8.55. The first-order valence-corrected chi connectivity index (χ1v) is 5.14. The molecule has 2 aliphatic carbocycles. The molecule has 0 saturated heterocycles. The van der Waals surface area contributed by atoms with E-state index in [1.807, 2.05) is 0 Å². The fraction of sp³-hybridized carbons (Fsp3) is 0.385. The summed E-state index contributed by atoms with van der Waals surface area (Å²) in [6.07, 6.45) is 20.7. The van der Waals surface area contributed by atoms with E-state index in [0.717, 1.165) is 5.92 Å². The second-order valence-corrected chi connectivity index (χ2v) is 3.77. The SMILES string of the molecule is C1=CCC(CC2=CCCC=C2)C=C1. The Kier molecular flexibility index (Phi) is 2.81. The van der Waals surface area contributed by atoms with Crippen molar-refractivity contribution in [3.05, 3.63) is 48.1 Å². The van der Waals surface area contributed by atoms with Gasteiger partial charge in [0.2, 0.25) is 0 Å². The van der Waals surface area contributed by atoms with Crippen LogP contribution < -0.4 is 0 Å². The molecular weight excluding hydrogens is 156 g/mol. The monoisotopic (exact) mass is 172 g/mol. The van der Waals surface area contributed by atoms with Crippen molar-refractivity contribution in [2.75, 3.05) is 0 Å². The Labute approximate surface area is 80.3 Å². The fourth-order valence-corrected chi connectivity index (χ4v) is 1.90. The molecule has 0 spiro atoms. The lowest BCUT2D eigenvalue weighted by atomic mass is 9.91. The highest BCUT2D eigenvalue weighted by molar-refractivity contribution is 5.24. The zero-order valence-corrected chi connectivity index (χ0v) is 7.95. The first-order valence-electron chi connectivity index (χ1n) is 5.14. The molecule has 0 heteroatoms. The lowest BCUT2D eigenvalue weighted by Gasteiger charge is -2.14. The van der Waals surface area contributed by atoms with Crippen LogP contribution in [0.3, 0.4) is 0 Å². The van der Waals surface area contributed by atoms with E-state index < -0.39 is 0 Å². The van der Waals surface area contributed by atoms with Gasteiger partial charge in [-0.25, -0.2) is 0 Å². The fourth-order valence-electron chi connectivity index (χ4n) is 1.90. The Hall–Kier alpha value is -1.04. The van der Waals surface area contributed by atoms with Crippen LogP contribution >= 0.6 is 0 Å². The molecule has 0 N–H and O–H groups in total. The predicted octanol–water partition coefficient (Wildman–Crippen LogP) is 3.79. The third-order valence-corrected chi connectivity index (χ3v) is 2.64. The van der Waals surface area contributed by atoms with E-state index in [1.165, 1.54) is 31.3 Å². The Morgan fingerprint density at radius 1 is 1.15 bits per heavy atom. The van der Waals surface area contributed by atoms with Gasteiger partial charge >= 0.3 is 0 Å². The van der Waals surface area contributed by atoms with Crippen LogP contribution in [0.1, 0.15) is 25.7 Å². The Morgan fingerprint density at radius 3 is 2.85 bits per heavy atom. The van der Waals surface area contributed by atoms with Gasteiger partial charge in [-0.3, -0.25) is 0 Å². The van der Waals surface area contributed by atoms with E-state index in [2.05, 4.69) is 42.5 Å². The van der Waals surface area contributed by atoms with Crippen molar-refractivity contribution in [1.82, 2.24) is 0 Å². The molecule has 1 unspecified atom stereocenters. The molecule has 0 heterocycles.